The Bertz CT molecular complexity index is 1540. The number of aryl methyl sites for hydroxylation is 2. The first-order valence-electron chi connectivity index (χ1n) is 11.8. The fourth-order valence-electron chi connectivity index (χ4n) is 4.23. The highest BCUT2D eigenvalue weighted by atomic mass is 16.5. The summed E-state index contributed by atoms with van der Waals surface area (Å²) in [5.74, 6) is 1.80. The molecule has 0 aliphatic rings. The van der Waals surface area contributed by atoms with E-state index in [-0.39, 0.29) is 5.91 Å². The van der Waals surface area contributed by atoms with Crippen molar-refractivity contribution in [3.8, 4) is 17.4 Å². The molecular weight excluding hydrogens is 454 g/mol. The number of methoxy groups -OCH3 is 1. The lowest BCUT2D eigenvalue weighted by Crippen LogP contribution is -2.23. The summed E-state index contributed by atoms with van der Waals surface area (Å²) in [5, 5.41) is 8.69. The number of pyridine rings is 1. The number of ether oxygens (including phenoxy) is 2. The Balaban J connectivity index is 1.18. The molecule has 1 amide bonds. The zero-order valence-electron chi connectivity index (χ0n) is 20.5. The Morgan fingerprint density at radius 2 is 1.86 bits per heavy atom. The highest BCUT2D eigenvalue weighted by Crippen LogP contribution is 2.24. The van der Waals surface area contributed by atoms with Crippen LogP contribution in [0.15, 0.2) is 66.9 Å². The van der Waals surface area contributed by atoms with Gasteiger partial charge in [-0.2, -0.15) is 5.10 Å². The molecule has 5 aromatic rings. The summed E-state index contributed by atoms with van der Waals surface area (Å²) in [5.41, 5.74) is 5.63. The van der Waals surface area contributed by atoms with Crippen molar-refractivity contribution in [2.45, 2.75) is 33.2 Å². The molecule has 8 nitrogen and oxygen atoms in total. The van der Waals surface area contributed by atoms with Crippen LogP contribution in [0.4, 0.5) is 0 Å². The van der Waals surface area contributed by atoms with E-state index in [0.717, 1.165) is 39.1 Å². The summed E-state index contributed by atoms with van der Waals surface area (Å²) in [7, 11) is 1.61. The van der Waals surface area contributed by atoms with Gasteiger partial charge in [-0.15, -0.1) is 0 Å². The van der Waals surface area contributed by atoms with Gasteiger partial charge in [-0.05, 0) is 55.7 Å². The van der Waals surface area contributed by atoms with Crippen LogP contribution in [-0.2, 0) is 17.8 Å². The number of rotatable bonds is 8. The topological polar surface area (TPSA) is 90.6 Å². The second kappa shape index (κ2) is 10.0. The second-order valence-corrected chi connectivity index (χ2v) is 8.58. The number of nitrogens with one attached hydrogen (secondary N) is 1. The van der Waals surface area contributed by atoms with Crippen molar-refractivity contribution in [3.63, 3.8) is 0 Å². The van der Waals surface area contributed by atoms with Crippen molar-refractivity contribution >= 4 is 22.5 Å². The third-order valence-electron chi connectivity index (χ3n) is 6.17. The maximum Gasteiger partial charge on any atom is 0.220 e. The van der Waals surface area contributed by atoms with E-state index in [0.29, 0.717) is 36.8 Å². The summed E-state index contributed by atoms with van der Waals surface area (Å²) in [6.45, 7) is 4.41. The van der Waals surface area contributed by atoms with E-state index in [2.05, 4.69) is 10.3 Å². The van der Waals surface area contributed by atoms with Gasteiger partial charge in [-0.1, -0.05) is 24.3 Å². The predicted molar refractivity (Wildman–Crippen MR) is 137 cm³/mol. The van der Waals surface area contributed by atoms with Gasteiger partial charge in [-0.25, -0.2) is 14.5 Å². The van der Waals surface area contributed by atoms with Crippen LogP contribution in [-0.4, -0.2) is 32.6 Å². The molecule has 182 valence electrons. The Hall–Kier alpha value is -4.46. The summed E-state index contributed by atoms with van der Waals surface area (Å²) >= 11 is 0. The van der Waals surface area contributed by atoms with Crippen LogP contribution in [0.5, 0.6) is 17.4 Å². The fraction of sp³-hybridized carbons (Fsp3) is 0.214. The van der Waals surface area contributed by atoms with E-state index >= 15 is 0 Å². The zero-order valence-corrected chi connectivity index (χ0v) is 20.5. The zero-order chi connectivity index (χ0) is 25.1. The molecule has 0 aliphatic carbocycles. The van der Waals surface area contributed by atoms with Crippen LogP contribution >= 0.6 is 0 Å². The number of hydrogen-bond donors (Lipinski definition) is 1. The predicted octanol–water partition coefficient (Wildman–Crippen LogP) is 4.94. The number of benzene rings is 2. The molecule has 3 aromatic heterocycles. The normalized spacial score (nSPS) is 11.1. The number of nitrogens with zero attached hydrogens (tertiary/aromatic N) is 4. The molecule has 0 fully saturated rings. The molecule has 0 spiro atoms. The Morgan fingerprint density at radius 1 is 1.03 bits per heavy atom. The highest BCUT2D eigenvalue weighted by molar-refractivity contribution is 5.92. The van der Waals surface area contributed by atoms with Crippen LogP contribution in [0.2, 0.25) is 0 Å². The Morgan fingerprint density at radius 3 is 2.67 bits per heavy atom. The molecular formula is C28H27N5O3. The third-order valence-corrected chi connectivity index (χ3v) is 6.17. The highest BCUT2D eigenvalue weighted by Gasteiger charge is 2.15. The van der Waals surface area contributed by atoms with Crippen LogP contribution in [0.3, 0.4) is 0 Å². The van der Waals surface area contributed by atoms with Gasteiger partial charge in [0.25, 0.3) is 0 Å². The maximum atomic E-state index is 12.6. The molecule has 0 saturated heterocycles. The number of fused-ring (bicyclic) bond motifs is 3. The van der Waals surface area contributed by atoms with Crippen molar-refractivity contribution in [2.75, 3.05) is 7.11 Å². The molecule has 0 atom stereocenters. The van der Waals surface area contributed by atoms with E-state index in [9.17, 15) is 4.79 Å². The molecule has 5 rings (SSSR count). The van der Waals surface area contributed by atoms with Crippen LogP contribution < -0.4 is 14.8 Å². The number of aromatic nitrogens is 4. The molecule has 0 radical (unpaired) electrons. The quantitative estimate of drug-likeness (QED) is 0.337. The number of amides is 1. The SMILES string of the molecule is COc1cccc(Oc2ccc(CNC(=O)CCc3c(C)nc4c5ccccc5nn4c3C)cn2)c1. The van der Waals surface area contributed by atoms with E-state index in [1.165, 1.54) is 0 Å². The van der Waals surface area contributed by atoms with E-state index in [1.807, 2.05) is 66.9 Å². The van der Waals surface area contributed by atoms with E-state index in [1.54, 1.807) is 25.4 Å². The van der Waals surface area contributed by atoms with Gasteiger partial charge in [0.05, 0.1) is 12.6 Å². The largest absolute Gasteiger partial charge is 0.497 e. The van der Waals surface area contributed by atoms with Crippen molar-refractivity contribution in [1.82, 2.24) is 24.9 Å². The minimum absolute atomic E-state index is 0.0313. The van der Waals surface area contributed by atoms with Gasteiger partial charge < -0.3 is 14.8 Å². The number of hydrogen-bond acceptors (Lipinski definition) is 6. The van der Waals surface area contributed by atoms with Crippen LogP contribution in [0.25, 0.3) is 16.6 Å². The molecule has 8 heteroatoms. The van der Waals surface area contributed by atoms with Gasteiger partial charge in [0, 0.05) is 48.1 Å². The van der Waals surface area contributed by atoms with Gasteiger partial charge in [0.1, 0.15) is 11.5 Å². The molecule has 0 bridgehead atoms. The molecule has 0 aliphatic heterocycles. The Labute approximate surface area is 208 Å². The first kappa shape index (κ1) is 23.3. The number of carbonyl (C=O) groups excluding carboxylic acids is 1. The average Bonchev–Trinajstić information content (AvgIpc) is 3.27. The average molecular weight is 482 g/mol. The van der Waals surface area contributed by atoms with Gasteiger partial charge in [-0.3, -0.25) is 4.79 Å². The molecule has 36 heavy (non-hydrogen) atoms. The fourth-order valence-corrected chi connectivity index (χ4v) is 4.23. The van der Waals surface area contributed by atoms with Crippen LogP contribution in [0.1, 0.15) is 28.9 Å². The third kappa shape index (κ3) is 4.84. The second-order valence-electron chi connectivity index (χ2n) is 8.58. The van der Waals surface area contributed by atoms with Crippen LogP contribution in [0, 0.1) is 13.8 Å². The number of carbonyl (C=O) groups is 1. The monoisotopic (exact) mass is 481 g/mol. The molecule has 0 unspecified atom stereocenters. The minimum Gasteiger partial charge on any atom is -0.497 e. The maximum absolute atomic E-state index is 12.6. The minimum atomic E-state index is -0.0313. The summed E-state index contributed by atoms with van der Waals surface area (Å²) < 4.78 is 12.9. The lowest BCUT2D eigenvalue weighted by Gasteiger charge is -2.11. The first-order valence-corrected chi connectivity index (χ1v) is 11.8. The lowest BCUT2D eigenvalue weighted by molar-refractivity contribution is -0.121. The standard InChI is InChI=1S/C28H27N5O3/c1-18-23(19(2)33-28(31-18)24-9-4-5-10-25(24)32-33)12-13-26(34)29-16-20-11-14-27(30-17-20)36-22-8-6-7-21(15-22)35-3/h4-11,14-15,17H,12-13,16H2,1-3H3,(H,29,34). The van der Waals surface area contributed by atoms with Gasteiger partial charge in [0.15, 0.2) is 5.65 Å². The summed E-state index contributed by atoms with van der Waals surface area (Å²) in [4.78, 5) is 21.7. The van der Waals surface area contributed by atoms with Crippen molar-refractivity contribution in [1.29, 1.82) is 0 Å². The first-order chi connectivity index (χ1) is 17.5. The molecule has 3 heterocycles. The lowest BCUT2D eigenvalue weighted by atomic mass is 10.1. The molecule has 0 saturated carbocycles. The molecule has 1 N–H and O–H groups in total. The van der Waals surface area contributed by atoms with Crippen molar-refractivity contribution in [3.05, 3.63) is 89.4 Å². The van der Waals surface area contributed by atoms with Gasteiger partial charge in [0.2, 0.25) is 11.8 Å². The molecule has 2 aromatic carbocycles. The van der Waals surface area contributed by atoms with Crippen molar-refractivity contribution in [2.24, 2.45) is 0 Å². The smallest absolute Gasteiger partial charge is 0.220 e. The van der Waals surface area contributed by atoms with Gasteiger partial charge >= 0.3 is 0 Å². The van der Waals surface area contributed by atoms with E-state index in [4.69, 9.17) is 19.6 Å². The summed E-state index contributed by atoms with van der Waals surface area (Å²) in [6.07, 6.45) is 2.65. The van der Waals surface area contributed by atoms with E-state index < -0.39 is 0 Å². The summed E-state index contributed by atoms with van der Waals surface area (Å²) in [6, 6.07) is 19.0. The Kier molecular flexibility index (Phi) is 6.49. The van der Waals surface area contributed by atoms with Crippen molar-refractivity contribution < 1.29 is 14.3 Å².